The number of likely N-dealkylation sites (tertiary alicyclic amines) is 1. The van der Waals surface area contributed by atoms with E-state index < -0.39 is 5.97 Å². The molecule has 1 saturated carbocycles. The number of nitrogens with zero attached hydrogens (tertiary/aromatic N) is 2. The molecule has 3 unspecified atom stereocenters. The van der Waals surface area contributed by atoms with Gasteiger partial charge in [0.1, 0.15) is 0 Å². The fourth-order valence-electron chi connectivity index (χ4n) is 3.15. The van der Waals surface area contributed by atoms with E-state index in [0.29, 0.717) is 12.0 Å². The highest BCUT2D eigenvalue weighted by molar-refractivity contribution is 5.70. The quantitative estimate of drug-likeness (QED) is 0.767. The Labute approximate surface area is 97.2 Å². The average Bonchev–Trinajstić information content (AvgIpc) is 2.52. The molecule has 16 heavy (non-hydrogen) atoms. The predicted octanol–water partition coefficient (Wildman–Crippen LogP) is 0.733. The van der Waals surface area contributed by atoms with Crippen molar-refractivity contribution in [2.75, 3.05) is 33.7 Å². The molecule has 3 atom stereocenters. The molecule has 2 aliphatic rings. The number of hydrogen-bond donors (Lipinski definition) is 1. The Bertz CT molecular complexity index is 268. The lowest BCUT2D eigenvalue weighted by molar-refractivity contribution is -0.144. The molecule has 1 aliphatic carbocycles. The molecule has 2 rings (SSSR count). The van der Waals surface area contributed by atoms with Crippen molar-refractivity contribution in [3.05, 3.63) is 0 Å². The van der Waals surface area contributed by atoms with Crippen LogP contribution in [0.1, 0.15) is 19.3 Å². The van der Waals surface area contributed by atoms with Crippen LogP contribution >= 0.6 is 0 Å². The van der Waals surface area contributed by atoms with Crippen LogP contribution in [0.3, 0.4) is 0 Å². The number of likely N-dealkylation sites (N-methyl/N-ethyl adjacent to an activating group) is 1. The Morgan fingerprint density at radius 2 is 2.19 bits per heavy atom. The summed E-state index contributed by atoms with van der Waals surface area (Å²) in [5.41, 5.74) is 0. The van der Waals surface area contributed by atoms with Crippen molar-refractivity contribution in [2.45, 2.75) is 25.3 Å². The van der Waals surface area contributed by atoms with Crippen molar-refractivity contribution in [3.63, 3.8) is 0 Å². The highest BCUT2D eigenvalue weighted by atomic mass is 16.4. The summed E-state index contributed by atoms with van der Waals surface area (Å²) < 4.78 is 0. The van der Waals surface area contributed by atoms with Crippen LogP contribution in [0.2, 0.25) is 0 Å². The maximum absolute atomic E-state index is 11.1. The summed E-state index contributed by atoms with van der Waals surface area (Å²) in [5.74, 6) is -0.267. The number of fused-ring (bicyclic) bond motifs is 2. The van der Waals surface area contributed by atoms with Gasteiger partial charge in [0.2, 0.25) is 0 Å². The number of aliphatic carboxylic acids is 1. The van der Waals surface area contributed by atoms with Gasteiger partial charge in [-0.2, -0.15) is 0 Å². The van der Waals surface area contributed by atoms with Crippen molar-refractivity contribution >= 4 is 5.97 Å². The molecule has 1 N–H and O–H groups in total. The smallest absolute Gasteiger partial charge is 0.306 e. The van der Waals surface area contributed by atoms with Gasteiger partial charge in [-0.1, -0.05) is 0 Å². The molecule has 4 heteroatoms. The van der Waals surface area contributed by atoms with Crippen LogP contribution in [-0.4, -0.2) is 60.6 Å². The lowest BCUT2D eigenvalue weighted by atomic mass is 9.80. The van der Waals surface area contributed by atoms with Crippen LogP contribution in [-0.2, 0) is 4.79 Å². The molecule has 4 nitrogen and oxygen atoms in total. The lowest BCUT2D eigenvalue weighted by Gasteiger charge is -2.27. The Morgan fingerprint density at radius 1 is 1.44 bits per heavy atom. The molecule has 0 aromatic carbocycles. The Hall–Kier alpha value is -0.610. The van der Waals surface area contributed by atoms with Gasteiger partial charge < -0.3 is 10.0 Å². The minimum Gasteiger partial charge on any atom is -0.481 e. The predicted molar refractivity (Wildman–Crippen MR) is 62.4 cm³/mol. The Morgan fingerprint density at radius 3 is 2.81 bits per heavy atom. The van der Waals surface area contributed by atoms with E-state index in [4.69, 9.17) is 5.11 Å². The maximum Gasteiger partial charge on any atom is 0.306 e. The number of carboxylic acid groups (broad SMARTS) is 1. The first-order valence-electron chi connectivity index (χ1n) is 6.19. The van der Waals surface area contributed by atoms with Gasteiger partial charge in [0.15, 0.2) is 0 Å². The first kappa shape index (κ1) is 11.9. The first-order valence-corrected chi connectivity index (χ1v) is 6.19. The van der Waals surface area contributed by atoms with E-state index in [-0.39, 0.29) is 5.92 Å². The molecular formula is C12H22N2O2. The number of carbonyl (C=O) groups is 1. The number of carboxylic acids is 1. The number of hydrogen-bond acceptors (Lipinski definition) is 3. The third-order valence-electron chi connectivity index (χ3n) is 4.09. The molecule has 0 amide bonds. The zero-order valence-corrected chi connectivity index (χ0v) is 10.2. The van der Waals surface area contributed by atoms with E-state index in [9.17, 15) is 4.79 Å². The summed E-state index contributed by atoms with van der Waals surface area (Å²) >= 11 is 0. The molecule has 1 heterocycles. The van der Waals surface area contributed by atoms with Gasteiger partial charge in [-0.05, 0) is 39.3 Å². The van der Waals surface area contributed by atoms with Crippen LogP contribution in [0.15, 0.2) is 0 Å². The SMILES string of the molecule is CN(C)CCN1CC2CC1CCC2C(=O)O. The van der Waals surface area contributed by atoms with E-state index in [1.165, 1.54) is 0 Å². The summed E-state index contributed by atoms with van der Waals surface area (Å²) in [5, 5.41) is 9.14. The molecule has 0 radical (unpaired) electrons. The topological polar surface area (TPSA) is 43.8 Å². The summed E-state index contributed by atoms with van der Waals surface area (Å²) in [7, 11) is 4.17. The Balaban J connectivity index is 1.90. The standard InChI is InChI=1S/C12H22N2O2/c1-13(2)5-6-14-8-9-7-10(14)3-4-11(9)12(15)16/h9-11H,3-8H2,1-2H3,(H,15,16). The highest BCUT2D eigenvalue weighted by Gasteiger charge is 2.43. The van der Waals surface area contributed by atoms with Gasteiger partial charge in [-0.15, -0.1) is 0 Å². The van der Waals surface area contributed by atoms with E-state index in [2.05, 4.69) is 23.9 Å². The van der Waals surface area contributed by atoms with Crippen molar-refractivity contribution in [2.24, 2.45) is 11.8 Å². The fraction of sp³-hybridized carbons (Fsp3) is 0.917. The fourth-order valence-corrected chi connectivity index (χ4v) is 3.15. The summed E-state index contributed by atoms with van der Waals surface area (Å²) in [4.78, 5) is 15.8. The van der Waals surface area contributed by atoms with Crippen LogP contribution < -0.4 is 0 Å². The second-order valence-electron chi connectivity index (χ2n) is 5.47. The molecule has 1 aliphatic heterocycles. The van der Waals surface area contributed by atoms with Crippen LogP contribution in [0, 0.1) is 11.8 Å². The van der Waals surface area contributed by atoms with Gasteiger partial charge in [-0.25, -0.2) is 0 Å². The zero-order valence-electron chi connectivity index (χ0n) is 10.2. The minimum absolute atomic E-state index is 0.0828. The normalized spacial score (nSPS) is 34.6. The highest BCUT2D eigenvalue weighted by Crippen LogP contribution is 2.39. The van der Waals surface area contributed by atoms with E-state index in [1.54, 1.807) is 0 Å². The van der Waals surface area contributed by atoms with Crippen molar-refractivity contribution in [1.82, 2.24) is 9.80 Å². The molecular weight excluding hydrogens is 204 g/mol. The summed E-state index contributed by atoms with van der Waals surface area (Å²) in [6, 6.07) is 0.653. The summed E-state index contributed by atoms with van der Waals surface area (Å²) in [6.07, 6.45) is 3.05. The molecule has 1 saturated heterocycles. The van der Waals surface area contributed by atoms with Gasteiger partial charge in [0.25, 0.3) is 0 Å². The molecule has 2 fully saturated rings. The lowest BCUT2D eigenvalue weighted by Crippen LogP contribution is -2.35. The van der Waals surface area contributed by atoms with Crippen LogP contribution in [0.4, 0.5) is 0 Å². The van der Waals surface area contributed by atoms with Gasteiger partial charge in [0, 0.05) is 25.7 Å². The Kier molecular flexibility index (Phi) is 3.50. The molecule has 0 spiro atoms. The second-order valence-corrected chi connectivity index (χ2v) is 5.47. The van der Waals surface area contributed by atoms with Gasteiger partial charge in [0.05, 0.1) is 5.92 Å². The molecule has 0 aromatic heterocycles. The van der Waals surface area contributed by atoms with E-state index in [0.717, 1.165) is 38.9 Å². The average molecular weight is 226 g/mol. The number of rotatable bonds is 4. The van der Waals surface area contributed by atoms with Crippen molar-refractivity contribution in [1.29, 1.82) is 0 Å². The van der Waals surface area contributed by atoms with E-state index in [1.807, 2.05) is 0 Å². The zero-order chi connectivity index (χ0) is 11.7. The third kappa shape index (κ3) is 2.38. The largest absolute Gasteiger partial charge is 0.481 e. The minimum atomic E-state index is -0.585. The second kappa shape index (κ2) is 4.72. The van der Waals surface area contributed by atoms with Gasteiger partial charge in [-0.3, -0.25) is 9.69 Å². The molecule has 0 aromatic rings. The van der Waals surface area contributed by atoms with Gasteiger partial charge >= 0.3 is 5.97 Å². The van der Waals surface area contributed by atoms with Crippen LogP contribution in [0.5, 0.6) is 0 Å². The third-order valence-corrected chi connectivity index (χ3v) is 4.09. The van der Waals surface area contributed by atoms with Crippen molar-refractivity contribution in [3.8, 4) is 0 Å². The van der Waals surface area contributed by atoms with Crippen LogP contribution in [0.25, 0.3) is 0 Å². The van der Waals surface area contributed by atoms with Crippen molar-refractivity contribution < 1.29 is 9.90 Å². The molecule has 2 bridgehead atoms. The van der Waals surface area contributed by atoms with E-state index >= 15 is 0 Å². The monoisotopic (exact) mass is 226 g/mol. The maximum atomic E-state index is 11.1. The summed E-state index contributed by atoms with van der Waals surface area (Å²) in [6.45, 7) is 3.15. The molecule has 92 valence electrons. The first-order chi connectivity index (χ1) is 7.58.